The van der Waals surface area contributed by atoms with Gasteiger partial charge in [0.2, 0.25) is 0 Å². The first-order valence-electron chi connectivity index (χ1n) is 3.48. The number of nitrogens with zero attached hydrogens (tertiary/aromatic N) is 2. The standard InChI is InChI=1S/C6H8N2O2S2/c1-7-3(9)6-8(2)4(10)5(7)11-12-6/h5-6H,1-2H3/t5-,6+. The molecule has 0 unspecified atom stereocenters. The van der Waals surface area contributed by atoms with E-state index >= 15 is 0 Å². The van der Waals surface area contributed by atoms with Crippen molar-refractivity contribution in [2.45, 2.75) is 10.7 Å². The van der Waals surface area contributed by atoms with Crippen LogP contribution in [0.25, 0.3) is 0 Å². The summed E-state index contributed by atoms with van der Waals surface area (Å²) in [5.74, 6) is 0.0664. The summed E-state index contributed by atoms with van der Waals surface area (Å²) in [6.07, 6.45) is 0. The first-order valence-corrected chi connectivity index (χ1v) is 5.76. The fourth-order valence-electron chi connectivity index (χ4n) is 1.23. The molecule has 3 aliphatic rings. The highest BCUT2D eigenvalue weighted by Crippen LogP contribution is 2.44. The van der Waals surface area contributed by atoms with Crippen molar-refractivity contribution in [2.24, 2.45) is 0 Å². The predicted octanol–water partition coefficient (Wildman–Crippen LogP) is -0.0360. The van der Waals surface area contributed by atoms with Gasteiger partial charge in [0.05, 0.1) is 0 Å². The second-order valence-corrected chi connectivity index (χ2v) is 5.23. The molecule has 3 aliphatic heterocycles. The fraction of sp³-hybridized carbons (Fsp3) is 0.667. The van der Waals surface area contributed by atoms with Crippen LogP contribution in [0.15, 0.2) is 0 Å². The molecule has 3 heterocycles. The number of piperazine rings is 1. The van der Waals surface area contributed by atoms with Crippen LogP contribution in [-0.4, -0.2) is 46.5 Å². The summed E-state index contributed by atoms with van der Waals surface area (Å²) >= 11 is 0. The minimum absolute atomic E-state index is 0.0332. The van der Waals surface area contributed by atoms with Crippen molar-refractivity contribution in [3.05, 3.63) is 0 Å². The summed E-state index contributed by atoms with van der Waals surface area (Å²) in [5.41, 5.74) is 0. The van der Waals surface area contributed by atoms with Gasteiger partial charge < -0.3 is 9.80 Å². The molecule has 2 amide bonds. The highest BCUT2D eigenvalue weighted by molar-refractivity contribution is 8.77. The predicted molar refractivity (Wildman–Crippen MR) is 48.3 cm³/mol. The van der Waals surface area contributed by atoms with E-state index in [0.717, 1.165) is 0 Å². The summed E-state index contributed by atoms with van der Waals surface area (Å²) < 4.78 is 0. The van der Waals surface area contributed by atoms with Crippen molar-refractivity contribution in [1.29, 1.82) is 0 Å². The Kier molecular flexibility index (Phi) is 1.76. The van der Waals surface area contributed by atoms with Crippen molar-refractivity contribution in [3.8, 4) is 0 Å². The van der Waals surface area contributed by atoms with E-state index in [4.69, 9.17) is 0 Å². The van der Waals surface area contributed by atoms with Crippen LogP contribution < -0.4 is 0 Å². The minimum atomic E-state index is -0.308. The second-order valence-electron chi connectivity index (χ2n) is 2.80. The molecule has 0 aromatic carbocycles. The van der Waals surface area contributed by atoms with Crippen molar-refractivity contribution >= 4 is 33.4 Å². The van der Waals surface area contributed by atoms with E-state index in [9.17, 15) is 9.59 Å². The Morgan fingerprint density at radius 3 is 1.67 bits per heavy atom. The van der Waals surface area contributed by atoms with Gasteiger partial charge in [-0.05, 0) is 0 Å². The summed E-state index contributed by atoms with van der Waals surface area (Å²) in [6, 6.07) is 0. The second kappa shape index (κ2) is 2.56. The molecule has 0 saturated carbocycles. The number of hydrogen-bond acceptors (Lipinski definition) is 4. The number of hydrogen-bond donors (Lipinski definition) is 0. The highest BCUT2D eigenvalue weighted by Gasteiger charge is 2.48. The van der Waals surface area contributed by atoms with Gasteiger partial charge >= 0.3 is 0 Å². The fourth-order valence-corrected chi connectivity index (χ4v) is 4.30. The molecular formula is C6H8N2O2S2. The summed E-state index contributed by atoms with van der Waals surface area (Å²) in [4.78, 5) is 25.9. The van der Waals surface area contributed by atoms with Gasteiger partial charge in [0, 0.05) is 14.1 Å². The van der Waals surface area contributed by atoms with E-state index in [1.165, 1.54) is 31.4 Å². The van der Waals surface area contributed by atoms with Gasteiger partial charge in [0.25, 0.3) is 11.8 Å². The molecule has 0 radical (unpaired) electrons. The summed E-state index contributed by atoms with van der Waals surface area (Å²) in [5, 5.41) is -0.616. The molecule has 0 aromatic rings. The Hall–Kier alpha value is -0.360. The first-order chi connectivity index (χ1) is 5.63. The molecule has 3 rings (SSSR count). The quantitative estimate of drug-likeness (QED) is 0.519. The number of amides is 2. The Balaban J connectivity index is 2.35. The van der Waals surface area contributed by atoms with Crippen LogP contribution >= 0.6 is 21.6 Å². The van der Waals surface area contributed by atoms with Crippen LogP contribution in [0.4, 0.5) is 0 Å². The van der Waals surface area contributed by atoms with Crippen molar-refractivity contribution in [3.63, 3.8) is 0 Å². The molecule has 6 heteroatoms. The zero-order valence-electron chi connectivity index (χ0n) is 6.68. The van der Waals surface area contributed by atoms with Crippen LogP contribution in [-0.2, 0) is 9.59 Å². The van der Waals surface area contributed by atoms with Crippen LogP contribution in [0.3, 0.4) is 0 Å². The SMILES string of the molecule is CN1C(=O)[C@@H]2SS[C@@H]1C(=O)N2C. The maximum Gasteiger partial charge on any atom is 0.257 e. The van der Waals surface area contributed by atoms with E-state index in [1.807, 2.05) is 0 Å². The molecular weight excluding hydrogens is 196 g/mol. The number of carbonyl (C=O) groups is 2. The smallest absolute Gasteiger partial charge is 0.257 e. The summed E-state index contributed by atoms with van der Waals surface area (Å²) in [6.45, 7) is 0. The molecule has 0 aliphatic carbocycles. The van der Waals surface area contributed by atoms with Gasteiger partial charge in [-0.1, -0.05) is 21.6 Å². The molecule has 12 heavy (non-hydrogen) atoms. The number of carbonyl (C=O) groups excluding carboxylic acids is 2. The average molecular weight is 204 g/mol. The topological polar surface area (TPSA) is 40.6 Å². The maximum absolute atomic E-state index is 11.4. The lowest BCUT2D eigenvalue weighted by molar-refractivity contribution is -0.150. The average Bonchev–Trinajstić information content (AvgIpc) is 2.05. The molecule has 3 fully saturated rings. The van der Waals surface area contributed by atoms with Crippen LogP contribution in [0, 0.1) is 0 Å². The Bertz CT molecular complexity index is 232. The van der Waals surface area contributed by atoms with Gasteiger partial charge in [0.1, 0.15) is 0 Å². The van der Waals surface area contributed by atoms with Gasteiger partial charge in [-0.15, -0.1) is 0 Å². The lowest BCUT2D eigenvalue weighted by atomic mass is 10.3. The Morgan fingerprint density at radius 2 is 1.33 bits per heavy atom. The summed E-state index contributed by atoms with van der Waals surface area (Å²) in [7, 11) is 6.29. The lowest BCUT2D eigenvalue weighted by Crippen LogP contribution is -2.62. The molecule has 2 atom stereocenters. The molecule has 4 nitrogen and oxygen atoms in total. The van der Waals surface area contributed by atoms with Gasteiger partial charge in [-0.25, -0.2) is 0 Å². The van der Waals surface area contributed by atoms with Crippen molar-refractivity contribution in [1.82, 2.24) is 9.80 Å². The van der Waals surface area contributed by atoms with Gasteiger partial charge in [-0.2, -0.15) is 0 Å². The van der Waals surface area contributed by atoms with Crippen LogP contribution in [0.5, 0.6) is 0 Å². The molecule has 0 aromatic heterocycles. The van der Waals surface area contributed by atoms with Crippen molar-refractivity contribution < 1.29 is 9.59 Å². The van der Waals surface area contributed by atoms with Crippen molar-refractivity contribution in [2.75, 3.05) is 14.1 Å². The molecule has 3 saturated heterocycles. The third kappa shape index (κ3) is 0.877. The third-order valence-electron chi connectivity index (χ3n) is 2.06. The number of likely N-dealkylation sites (N-methyl/N-ethyl adjacent to an activating group) is 2. The largest absolute Gasteiger partial charge is 0.322 e. The van der Waals surface area contributed by atoms with E-state index in [2.05, 4.69) is 0 Å². The minimum Gasteiger partial charge on any atom is -0.322 e. The van der Waals surface area contributed by atoms with E-state index in [0.29, 0.717) is 0 Å². The molecule has 66 valence electrons. The van der Waals surface area contributed by atoms with E-state index in [-0.39, 0.29) is 22.6 Å². The Labute approximate surface area is 78.0 Å². The zero-order valence-corrected chi connectivity index (χ0v) is 8.32. The maximum atomic E-state index is 11.4. The van der Waals surface area contributed by atoms with Gasteiger partial charge in [-0.3, -0.25) is 9.59 Å². The highest BCUT2D eigenvalue weighted by atomic mass is 33.1. The monoisotopic (exact) mass is 204 g/mol. The third-order valence-corrected chi connectivity index (χ3v) is 5.00. The molecule has 0 N–H and O–H groups in total. The molecule has 2 bridgehead atoms. The Morgan fingerprint density at radius 1 is 1.00 bits per heavy atom. The number of fused-ring (bicyclic) bond motifs is 3. The van der Waals surface area contributed by atoms with Gasteiger partial charge in [0.15, 0.2) is 10.7 Å². The molecule has 0 spiro atoms. The zero-order chi connectivity index (χ0) is 8.88. The van der Waals surface area contributed by atoms with Crippen LogP contribution in [0.2, 0.25) is 0 Å². The lowest BCUT2D eigenvalue weighted by Gasteiger charge is -2.45. The number of rotatable bonds is 0. The first kappa shape index (κ1) is 8.25. The van der Waals surface area contributed by atoms with Crippen LogP contribution in [0.1, 0.15) is 0 Å². The van der Waals surface area contributed by atoms with E-state index in [1.54, 1.807) is 14.1 Å². The van der Waals surface area contributed by atoms with E-state index < -0.39 is 0 Å². The normalized spacial score (nSPS) is 34.8.